The quantitative estimate of drug-likeness (QED) is 0.757. The van der Waals surface area contributed by atoms with Crippen LogP contribution >= 0.6 is 15.9 Å². The third-order valence-corrected chi connectivity index (χ3v) is 4.11. The minimum atomic E-state index is -0.818. The van der Waals surface area contributed by atoms with E-state index in [0.717, 1.165) is 31.4 Å². The standard InChI is InChI=1S/C14H16BrF2NO/c1-8-4-3-5-9(2)18(8)14(19)13-11(16)6-10(15)7-12(13)17/h6-9H,3-5H2,1-2H3/t8-,9+. The van der Waals surface area contributed by atoms with Crippen molar-refractivity contribution in [3.8, 4) is 0 Å². The minimum absolute atomic E-state index is 0.0127. The highest BCUT2D eigenvalue weighted by Crippen LogP contribution is 2.27. The number of hydrogen-bond acceptors (Lipinski definition) is 1. The lowest BCUT2D eigenvalue weighted by Gasteiger charge is -2.39. The van der Waals surface area contributed by atoms with Gasteiger partial charge in [-0.15, -0.1) is 0 Å². The van der Waals surface area contributed by atoms with Gasteiger partial charge in [-0.1, -0.05) is 15.9 Å². The van der Waals surface area contributed by atoms with Gasteiger partial charge in [0.15, 0.2) is 0 Å². The molecule has 1 aliphatic heterocycles. The Morgan fingerprint density at radius 3 is 2.16 bits per heavy atom. The van der Waals surface area contributed by atoms with Crippen LogP contribution < -0.4 is 0 Å². The highest BCUT2D eigenvalue weighted by Gasteiger charge is 2.32. The zero-order chi connectivity index (χ0) is 14.2. The summed E-state index contributed by atoms with van der Waals surface area (Å²) in [6.45, 7) is 3.84. The first-order valence-corrected chi connectivity index (χ1v) is 7.18. The van der Waals surface area contributed by atoms with E-state index in [-0.39, 0.29) is 12.1 Å². The van der Waals surface area contributed by atoms with E-state index in [2.05, 4.69) is 15.9 Å². The predicted octanol–water partition coefficient (Wildman–Crippen LogP) is 4.13. The van der Waals surface area contributed by atoms with Gasteiger partial charge in [-0.05, 0) is 45.2 Å². The third-order valence-electron chi connectivity index (χ3n) is 3.65. The highest BCUT2D eigenvalue weighted by atomic mass is 79.9. The van der Waals surface area contributed by atoms with Crippen molar-refractivity contribution in [1.29, 1.82) is 0 Å². The largest absolute Gasteiger partial charge is 0.333 e. The molecule has 1 aromatic carbocycles. The van der Waals surface area contributed by atoms with E-state index in [1.54, 1.807) is 4.90 Å². The molecule has 1 fully saturated rings. The molecule has 5 heteroatoms. The molecule has 2 rings (SSSR count). The first-order chi connectivity index (χ1) is 8.91. The van der Waals surface area contributed by atoms with Crippen LogP contribution in [0.25, 0.3) is 0 Å². The monoisotopic (exact) mass is 331 g/mol. The van der Waals surface area contributed by atoms with Crippen LogP contribution in [0.3, 0.4) is 0 Å². The number of rotatable bonds is 1. The van der Waals surface area contributed by atoms with Crippen molar-refractivity contribution in [2.75, 3.05) is 0 Å². The first-order valence-electron chi connectivity index (χ1n) is 6.39. The zero-order valence-electron chi connectivity index (χ0n) is 10.9. The second-order valence-corrected chi connectivity index (χ2v) is 6.00. The molecule has 1 heterocycles. The summed E-state index contributed by atoms with van der Waals surface area (Å²) in [7, 11) is 0. The Hall–Kier alpha value is -0.970. The summed E-state index contributed by atoms with van der Waals surface area (Å²) in [5.74, 6) is -2.19. The highest BCUT2D eigenvalue weighted by molar-refractivity contribution is 9.10. The second kappa shape index (κ2) is 5.57. The molecule has 0 radical (unpaired) electrons. The minimum Gasteiger partial charge on any atom is -0.333 e. The van der Waals surface area contributed by atoms with Crippen LogP contribution in [-0.2, 0) is 0 Å². The SMILES string of the molecule is C[C@@H]1CCC[C@H](C)N1C(=O)c1c(F)cc(Br)cc1F. The van der Waals surface area contributed by atoms with Crippen molar-refractivity contribution in [3.63, 3.8) is 0 Å². The third kappa shape index (κ3) is 2.81. The lowest BCUT2D eigenvalue weighted by atomic mass is 9.96. The van der Waals surface area contributed by atoms with Crippen LogP contribution in [0.4, 0.5) is 8.78 Å². The number of amides is 1. The van der Waals surface area contributed by atoms with Crippen LogP contribution in [0, 0.1) is 11.6 Å². The van der Waals surface area contributed by atoms with E-state index in [4.69, 9.17) is 0 Å². The molecular formula is C14H16BrF2NO. The average molecular weight is 332 g/mol. The molecule has 0 aliphatic carbocycles. The van der Waals surface area contributed by atoms with Crippen molar-refractivity contribution in [2.45, 2.75) is 45.2 Å². The van der Waals surface area contributed by atoms with Gasteiger partial charge in [-0.2, -0.15) is 0 Å². The van der Waals surface area contributed by atoms with Crippen molar-refractivity contribution in [1.82, 2.24) is 4.90 Å². The molecule has 1 amide bonds. The van der Waals surface area contributed by atoms with Crippen LogP contribution in [0.2, 0.25) is 0 Å². The Morgan fingerprint density at radius 2 is 1.68 bits per heavy atom. The van der Waals surface area contributed by atoms with Gasteiger partial charge < -0.3 is 4.90 Å². The van der Waals surface area contributed by atoms with Crippen LogP contribution in [0.5, 0.6) is 0 Å². The molecule has 2 atom stereocenters. The van der Waals surface area contributed by atoms with Gasteiger partial charge in [0.1, 0.15) is 17.2 Å². The molecule has 2 nitrogen and oxygen atoms in total. The van der Waals surface area contributed by atoms with Crippen molar-refractivity contribution < 1.29 is 13.6 Å². The fourth-order valence-electron chi connectivity index (χ4n) is 2.70. The lowest BCUT2D eigenvalue weighted by molar-refractivity contribution is 0.0501. The summed E-state index contributed by atoms with van der Waals surface area (Å²) in [6.07, 6.45) is 2.78. The van der Waals surface area contributed by atoms with E-state index in [1.165, 1.54) is 0 Å². The smallest absolute Gasteiger partial charge is 0.260 e. The van der Waals surface area contributed by atoms with Crippen LogP contribution in [0.1, 0.15) is 43.5 Å². The topological polar surface area (TPSA) is 20.3 Å². The van der Waals surface area contributed by atoms with Crippen molar-refractivity contribution in [3.05, 3.63) is 33.8 Å². The maximum absolute atomic E-state index is 13.9. The molecule has 0 unspecified atom stereocenters. The fourth-order valence-corrected chi connectivity index (χ4v) is 3.10. The molecule has 0 aromatic heterocycles. The predicted molar refractivity (Wildman–Crippen MR) is 73.0 cm³/mol. The fraction of sp³-hybridized carbons (Fsp3) is 0.500. The summed E-state index contributed by atoms with van der Waals surface area (Å²) >= 11 is 3.01. The van der Waals surface area contributed by atoms with Crippen molar-refractivity contribution >= 4 is 21.8 Å². The first kappa shape index (κ1) is 14.4. The molecule has 0 N–H and O–H groups in total. The number of benzene rings is 1. The number of likely N-dealkylation sites (tertiary alicyclic amines) is 1. The molecule has 1 aliphatic rings. The number of nitrogens with zero attached hydrogens (tertiary/aromatic N) is 1. The molecule has 104 valence electrons. The molecule has 1 saturated heterocycles. The maximum Gasteiger partial charge on any atom is 0.260 e. The van der Waals surface area contributed by atoms with Gasteiger partial charge >= 0.3 is 0 Å². The van der Waals surface area contributed by atoms with Crippen LogP contribution in [-0.4, -0.2) is 22.9 Å². The van der Waals surface area contributed by atoms with E-state index >= 15 is 0 Å². The second-order valence-electron chi connectivity index (χ2n) is 5.09. The Morgan fingerprint density at radius 1 is 1.21 bits per heavy atom. The zero-order valence-corrected chi connectivity index (χ0v) is 12.5. The van der Waals surface area contributed by atoms with Gasteiger partial charge in [0, 0.05) is 16.6 Å². The van der Waals surface area contributed by atoms with Gasteiger partial charge in [-0.3, -0.25) is 4.79 Å². The maximum atomic E-state index is 13.9. The number of carbonyl (C=O) groups excluding carboxylic acids is 1. The van der Waals surface area contributed by atoms with Gasteiger partial charge in [0.05, 0.1) is 0 Å². The van der Waals surface area contributed by atoms with E-state index in [0.29, 0.717) is 4.47 Å². The van der Waals surface area contributed by atoms with E-state index in [9.17, 15) is 13.6 Å². The van der Waals surface area contributed by atoms with E-state index in [1.807, 2.05) is 13.8 Å². The summed E-state index contributed by atoms with van der Waals surface area (Å²) in [5.41, 5.74) is -0.455. The van der Waals surface area contributed by atoms with Gasteiger partial charge in [-0.25, -0.2) is 8.78 Å². The van der Waals surface area contributed by atoms with Crippen molar-refractivity contribution in [2.24, 2.45) is 0 Å². The van der Waals surface area contributed by atoms with Gasteiger partial charge in [0.25, 0.3) is 5.91 Å². The Balaban J connectivity index is 2.38. The number of halogens is 3. The number of carbonyl (C=O) groups is 1. The summed E-state index contributed by atoms with van der Waals surface area (Å²) in [6, 6.07) is 2.27. The Kier molecular flexibility index (Phi) is 4.23. The van der Waals surface area contributed by atoms with Crippen LogP contribution in [0.15, 0.2) is 16.6 Å². The normalized spacial score (nSPS) is 23.5. The van der Waals surface area contributed by atoms with Gasteiger partial charge in [0.2, 0.25) is 0 Å². The Bertz CT molecular complexity index is 473. The van der Waals surface area contributed by atoms with E-state index < -0.39 is 23.1 Å². The molecule has 0 spiro atoms. The summed E-state index contributed by atoms with van der Waals surface area (Å²) < 4.78 is 28.0. The number of piperidine rings is 1. The summed E-state index contributed by atoms with van der Waals surface area (Å²) in [4.78, 5) is 14.0. The Labute approximate surface area is 119 Å². The lowest BCUT2D eigenvalue weighted by Crippen LogP contribution is -2.48. The molecule has 19 heavy (non-hydrogen) atoms. The molecule has 0 saturated carbocycles. The summed E-state index contributed by atoms with van der Waals surface area (Å²) in [5, 5.41) is 0. The molecule has 0 bridgehead atoms. The average Bonchev–Trinajstić information content (AvgIpc) is 2.26. The molecular weight excluding hydrogens is 316 g/mol. The molecule has 1 aromatic rings. The number of hydrogen-bond donors (Lipinski definition) is 0.